The first-order valence-corrected chi connectivity index (χ1v) is 8.10. The molecule has 0 aromatic carbocycles. The van der Waals surface area contributed by atoms with Gasteiger partial charge in [-0.25, -0.2) is 13.1 Å². The molecule has 0 saturated carbocycles. The maximum absolute atomic E-state index is 11.6. The van der Waals surface area contributed by atoms with E-state index >= 15 is 0 Å². The summed E-state index contributed by atoms with van der Waals surface area (Å²) < 4.78 is 27.8. The SMILES string of the molecule is CCS(=O)(=O)NC(C)c1nnc2n1CCCCC2. The van der Waals surface area contributed by atoms with E-state index in [4.69, 9.17) is 0 Å². The minimum absolute atomic E-state index is 0.0817. The predicted octanol–water partition coefficient (Wildman–Crippen LogP) is 1.00. The molecule has 1 aromatic heterocycles. The highest BCUT2D eigenvalue weighted by Crippen LogP contribution is 2.18. The van der Waals surface area contributed by atoms with Gasteiger partial charge in [-0.1, -0.05) is 6.42 Å². The normalized spacial score (nSPS) is 18.1. The van der Waals surface area contributed by atoms with Crippen LogP contribution in [-0.2, 0) is 23.0 Å². The summed E-state index contributed by atoms with van der Waals surface area (Å²) in [5.41, 5.74) is 0. The van der Waals surface area contributed by atoms with Crippen LogP contribution in [0.5, 0.6) is 0 Å². The van der Waals surface area contributed by atoms with Gasteiger partial charge in [0.25, 0.3) is 0 Å². The Hall–Kier alpha value is -0.950. The Balaban J connectivity index is 2.21. The van der Waals surface area contributed by atoms with E-state index in [9.17, 15) is 8.42 Å². The Bertz CT molecular complexity index is 509. The second-order valence-electron chi connectivity index (χ2n) is 4.68. The van der Waals surface area contributed by atoms with Crippen molar-refractivity contribution in [2.75, 3.05) is 5.75 Å². The number of nitrogens with zero attached hydrogens (tertiary/aromatic N) is 3. The summed E-state index contributed by atoms with van der Waals surface area (Å²) in [5, 5.41) is 8.32. The second-order valence-corrected chi connectivity index (χ2v) is 6.72. The zero-order valence-electron chi connectivity index (χ0n) is 10.9. The number of hydrogen-bond acceptors (Lipinski definition) is 4. The molecule has 1 aliphatic heterocycles. The van der Waals surface area contributed by atoms with Gasteiger partial charge < -0.3 is 4.57 Å². The van der Waals surface area contributed by atoms with Crippen molar-refractivity contribution in [1.82, 2.24) is 19.5 Å². The van der Waals surface area contributed by atoms with Crippen LogP contribution in [0.15, 0.2) is 0 Å². The van der Waals surface area contributed by atoms with Crippen LogP contribution < -0.4 is 4.72 Å². The summed E-state index contributed by atoms with van der Waals surface area (Å²) in [5.74, 6) is 1.78. The lowest BCUT2D eigenvalue weighted by molar-refractivity contribution is 0.534. The van der Waals surface area contributed by atoms with Crippen molar-refractivity contribution >= 4 is 10.0 Å². The average molecular weight is 272 g/mol. The molecule has 1 N–H and O–H groups in total. The number of nitrogens with one attached hydrogen (secondary N) is 1. The molecular formula is C11H20N4O2S. The molecule has 1 atom stereocenters. The van der Waals surface area contributed by atoms with Gasteiger partial charge in [0.2, 0.25) is 10.0 Å². The van der Waals surface area contributed by atoms with Gasteiger partial charge >= 0.3 is 0 Å². The fraction of sp³-hybridized carbons (Fsp3) is 0.818. The molecule has 0 radical (unpaired) electrons. The number of rotatable bonds is 4. The van der Waals surface area contributed by atoms with Crippen LogP contribution in [0, 0.1) is 0 Å². The maximum Gasteiger partial charge on any atom is 0.211 e. The van der Waals surface area contributed by atoms with Crippen molar-refractivity contribution in [3.63, 3.8) is 0 Å². The van der Waals surface area contributed by atoms with Crippen molar-refractivity contribution in [2.45, 2.75) is 52.1 Å². The average Bonchev–Trinajstić information content (AvgIpc) is 2.58. The van der Waals surface area contributed by atoms with Gasteiger partial charge in [-0.15, -0.1) is 10.2 Å². The van der Waals surface area contributed by atoms with Crippen molar-refractivity contribution in [2.24, 2.45) is 0 Å². The third-order valence-corrected chi connectivity index (χ3v) is 4.73. The number of aryl methyl sites for hydroxylation is 1. The molecule has 7 heteroatoms. The quantitative estimate of drug-likeness (QED) is 0.887. The van der Waals surface area contributed by atoms with Crippen LogP contribution in [0.3, 0.4) is 0 Å². The fourth-order valence-electron chi connectivity index (χ4n) is 2.23. The van der Waals surface area contributed by atoms with Crippen molar-refractivity contribution < 1.29 is 8.42 Å². The van der Waals surface area contributed by atoms with Gasteiger partial charge in [-0.2, -0.15) is 0 Å². The zero-order valence-corrected chi connectivity index (χ0v) is 11.7. The minimum Gasteiger partial charge on any atom is -0.314 e. The number of sulfonamides is 1. The highest BCUT2D eigenvalue weighted by atomic mass is 32.2. The van der Waals surface area contributed by atoms with E-state index in [1.165, 1.54) is 6.42 Å². The van der Waals surface area contributed by atoms with E-state index in [0.29, 0.717) is 0 Å². The predicted molar refractivity (Wildman–Crippen MR) is 68.6 cm³/mol. The van der Waals surface area contributed by atoms with Gasteiger partial charge in [-0.05, 0) is 26.7 Å². The van der Waals surface area contributed by atoms with Gasteiger partial charge in [0, 0.05) is 13.0 Å². The van der Waals surface area contributed by atoms with Crippen molar-refractivity contribution in [3.05, 3.63) is 11.6 Å². The lowest BCUT2D eigenvalue weighted by Crippen LogP contribution is -2.30. The van der Waals surface area contributed by atoms with Crippen LogP contribution in [0.1, 0.15) is 50.8 Å². The largest absolute Gasteiger partial charge is 0.314 e. The third-order valence-electron chi connectivity index (χ3n) is 3.26. The van der Waals surface area contributed by atoms with Gasteiger partial charge in [0.15, 0.2) is 5.82 Å². The first kappa shape index (κ1) is 13.5. The Morgan fingerprint density at radius 1 is 1.33 bits per heavy atom. The lowest BCUT2D eigenvalue weighted by Gasteiger charge is -2.14. The van der Waals surface area contributed by atoms with Crippen LogP contribution >= 0.6 is 0 Å². The molecule has 0 bridgehead atoms. The molecule has 1 aliphatic rings. The zero-order chi connectivity index (χ0) is 13.2. The van der Waals surface area contributed by atoms with Crippen LogP contribution in [0.4, 0.5) is 0 Å². The van der Waals surface area contributed by atoms with Gasteiger partial charge in [0.05, 0.1) is 11.8 Å². The van der Waals surface area contributed by atoms with Gasteiger partial charge in [0.1, 0.15) is 5.82 Å². The number of hydrogen-bond donors (Lipinski definition) is 1. The summed E-state index contributed by atoms with van der Waals surface area (Å²) in [7, 11) is -3.21. The molecule has 0 amide bonds. The Morgan fingerprint density at radius 2 is 2.11 bits per heavy atom. The molecule has 0 fully saturated rings. The monoisotopic (exact) mass is 272 g/mol. The van der Waals surface area contributed by atoms with E-state index in [-0.39, 0.29) is 11.8 Å². The lowest BCUT2D eigenvalue weighted by atomic mass is 10.2. The molecule has 18 heavy (non-hydrogen) atoms. The molecule has 2 rings (SSSR count). The maximum atomic E-state index is 11.6. The van der Waals surface area contributed by atoms with E-state index in [1.54, 1.807) is 6.92 Å². The first-order chi connectivity index (χ1) is 8.53. The fourth-order valence-corrected chi connectivity index (χ4v) is 3.04. The summed E-state index contributed by atoms with van der Waals surface area (Å²) in [6, 6.07) is -0.325. The highest BCUT2D eigenvalue weighted by Gasteiger charge is 2.22. The van der Waals surface area contributed by atoms with Crippen LogP contribution in [0.25, 0.3) is 0 Å². The van der Waals surface area contributed by atoms with Crippen molar-refractivity contribution in [1.29, 1.82) is 0 Å². The second kappa shape index (κ2) is 5.36. The summed E-state index contributed by atoms with van der Waals surface area (Å²) in [4.78, 5) is 0. The number of fused-ring (bicyclic) bond motifs is 1. The standard InChI is InChI=1S/C11H20N4O2S/c1-3-18(16,17)14-9(2)11-13-12-10-7-5-4-6-8-15(10)11/h9,14H,3-8H2,1-2H3. The Morgan fingerprint density at radius 3 is 2.83 bits per heavy atom. The molecule has 1 aromatic rings. The first-order valence-electron chi connectivity index (χ1n) is 6.45. The molecule has 0 aliphatic carbocycles. The van der Waals surface area contributed by atoms with Crippen LogP contribution in [0.2, 0.25) is 0 Å². The molecular weight excluding hydrogens is 252 g/mol. The number of aromatic nitrogens is 3. The van der Waals surface area contributed by atoms with E-state index in [2.05, 4.69) is 19.5 Å². The summed E-state index contributed by atoms with van der Waals surface area (Å²) in [6.45, 7) is 4.32. The molecule has 1 unspecified atom stereocenters. The van der Waals surface area contributed by atoms with Gasteiger partial charge in [-0.3, -0.25) is 0 Å². The summed E-state index contributed by atoms with van der Waals surface area (Å²) >= 11 is 0. The molecule has 0 saturated heterocycles. The summed E-state index contributed by atoms with van der Waals surface area (Å²) in [6.07, 6.45) is 4.36. The molecule has 2 heterocycles. The molecule has 102 valence electrons. The van der Waals surface area contributed by atoms with E-state index in [0.717, 1.165) is 37.5 Å². The topological polar surface area (TPSA) is 76.9 Å². The van der Waals surface area contributed by atoms with Crippen molar-refractivity contribution in [3.8, 4) is 0 Å². The minimum atomic E-state index is -3.21. The Kier molecular flexibility index (Phi) is 4.01. The smallest absolute Gasteiger partial charge is 0.211 e. The molecule has 0 spiro atoms. The third kappa shape index (κ3) is 2.89. The highest BCUT2D eigenvalue weighted by molar-refractivity contribution is 7.89. The van der Waals surface area contributed by atoms with E-state index in [1.807, 2.05) is 6.92 Å². The van der Waals surface area contributed by atoms with Crippen LogP contribution in [-0.4, -0.2) is 28.9 Å². The van der Waals surface area contributed by atoms with E-state index < -0.39 is 10.0 Å². The Labute approximate surface area is 108 Å². The molecule has 6 nitrogen and oxygen atoms in total.